The maximum absolute atomic E-state index is 12.0. The first kappa shape index (κ1) is 15.8. The van der Waals surface area contributed by atoms with Crippen molar-refractivity contribution in [2.45, 2.75) is 57.5 Å². The van der Waals surface area contributed by atoms with Gasteiger partial charge < -0.3 is 5.11 Å². The Morgan fingerprint density at radius 1 is 1.25 bits per heavy atom. The Morgan fingerprint density at radius 3 is 2.79 bits per heavy atom. The van der Waals surface area contributed by atoms with E-state index >= 15 is 0 Å². The number of nitrogens with zero attached hydrogens (tertiary/aromatic N) is 1. The number of hydrogen-bond donors (Lipinski definition) is 1. The zero-order chi connectivity index (χ0) is 17.1. The fourth-order valence-electron chi connectivity index (χ4n) is 5.76. The van der Waals surface area contributed by atoms with Crippen molar-refractivity contribution in [1.82, 2.24) is 0 Å². The molecule has 3 aliphatic rings. The first-order valence-corrected chi connectivity index (χ1v) is 8.91. The molecule has 0 amide bonds. The van der Waals surface area contributed by atoms with Crippen LogP contribution in [0.3, 0.4) is 0 Å². The lowest BCUT2D eigenvalue weighted by Gasteiger charge is -2.49. The van der Waals surface area contributed by atoms with E-state index < -0.39 is 10.4 Å². The maximum Gasteiger partial charge on any atom is 0.316 e. The van der Waals surface area contributed by atoms with Gasteiger partial charge in [0.1, 0.15) is 0 Å². The van der Waals surface area contributed by atoms with Crippen LogP contribution in [-0.4, -0.2) is 16.1 Å². The molecule has 128 valence electrons. The van der Waals surface area contributed by atoms with Crippen molar-refractivity contribution in [2.24, 2.45) is 17.3 Å². The van der Waals surface area contributed by atoms with Crippen molar-refractivity contribution < 1.29 is 10.0 Å². The molecule has 0 bridgehead atoms. The molecule has 24 heavy (non-hydrogen) atoms. The summed E-state index contributed by atoms with van der Waals surface area (Å²) in [6.07, 6.45) is 5.50. The molecule has 0 heterocycles. The average Bonchev–Trinajstić information content (AvgIpc) is 2.74. The third-order valence-corrected chi connectivity index (χ3v) is 7.08. The lowest BCUT2D eigenvalue weighted by molar-refractivity contribution is -0.386. The van der Waals surface area contributed by atoms with Crippen LogP contribution < -0.4 is 5.43 Å². The van der Waals surface area contributed by atoms with Gasteiger partial charge in [0.25, 0.3) is 5.43 Å². The Balaban J connectivity index is 1.80. The Bertz CT molecular complexity index is 761. The quantitative estimate of drug-likeness (QED) is 0.634. The van der Waals surface area contributed by atoms with Gasteiger partial charge in [-0.1, -0.05) is 13.0 Å². The second-order valence-electron chi connectivity index (χ2n) is 8.02. The van der Waals surface area contributed by atoms with Gasteiger partial charge in [-0.15, -0.1) is 0 Å². The molecule has 2 fully saturated rings. The first-order valence-electron chi connectivity index (χ1n) is 8.91. The summed E-state index contributed by atoms with van der Waals surface area (Å²) >= 11 is 0. The van der Waals surface area contributed by atoms with Gasteiger partial charge >= 0.3 is 5.69 Å². The van der Waals surface area contributed by atoms with Gasteiger partial charge in [-0.2, -0.15) is 0 Å². The van der Waals surface area contributed by atoms with E-state index in [4.69, 9.17) is 0 Å². The predicted molar refractivity (Wildman–Crippen MR) is 90.0 cm³/mol. The molecule has 3 aliphatic carbocycles. The zero-order valence-corrected chi connectivity index (χ0v) is 13.9. The molecule has 0 saturated heterocycles. The molecule has 0 aromatic heterocycles. The van der Waals surface area contributed by atoms with Crippen LogP contribution in [0.5, 0.6) is 0 Å². The molecule has 0 unspecified atom stereocenters. The molecular weight excluding hydrogens is 306 g/mol. The average molecular weight is 329 g/mol. The highest BCUT2D eigenvalue weighted by molar-refractivity contribution is 5.42. The Morgan fingerprint density at radius 2 is 2.04 bits per heavy atom. The van der Waals surface area contributed by atoms with Gasteiger partial charge in [-0.25, -0.2) is 0 Å². The smallest absolute Gasteiger partial charge is 0.316 e. The van der Waals surface area contributed by atoms with E-state index in [2.05, 4.69) is 6.92 Å². The van der Waals surface area contributed by atoms with E-state index in [9.17, 15) is 20.0 Å². The van der Waals surface area contributed by atoms with E-state index in [1.807, 2.05) is 0 Å². The molecule has 4 rings (SSSR count). The molecule has 1 aromatic rings. The number of rotatable bonds is 1. The van der Waals surface area contributed by atoms with E-state index in [1.54, 1.807) is 12.1 Å². The molecular formula is C19H23NO4. The van der Waals surface area contributed by atoms with Crippen molar-refractivity contribution in [3.63, 3.8) is 0 Å². The van der Waals surface area contributed by atoms with Gasteiger partial charge in [0.2, 0.25) is 0 Å². The number of aliphatic hydroxyl groups is 1. The van der Waals surface area contributed by atoms with Crippen molar-refractivity contribution in [1.29, 1.82) is 0 Å². The number of aliphatic hydroxyl groups excluding tert-OH is 1. The van der Waals surface area contributed by atoms with Gasteiger partial charge in [0, 0.05) is 6.07 Å². The summed E-state index contributed by atoms with van der Waals surface area (Å²) in [5.74, 6) is 1.23. The second-order valence-corrected chi connectivity index (χ2v) is 8.02. The fraction of sp³-hybridized carbons (Fsp3) is 0.632. The highest BCUT2D eigenvalue weighted by atomic mass is 16.6. The van der Waals surface area contributed by atoms with Crippen molar-refractivity contribution in [3.8, 4) is 0 Å². The minimum Gasteiger partial charge on any atom is -0.393 e. The highest BCUT2D eigenvalue weighted by Crippen LogP contribution is 2.60. The largest absolute Gasteiger partial charge is 0.393 e. The molecule has 0 aliphatic heterocycles. The minimum atomic E-state index is -0.557. The Labute approximate surface area is 140 Å². The molecule has 1 N–H and O–H groups in total. The summed E-state index contributed by atoms with van der Waals surface area (Å²) in [5, 5.41) is 21.7. The fourth-order valence-corrected chi connectivity index (χ4v) is 5.76. The molecule has 5 nitrogen and oxygen atoms in total. The van der Waals surface area contributed by atoms with E-state index in [-0.39, 0.29) is 23.1 Å². The minimum absolute atomic E-state index is 0.00866. The summed E-state index contributed by atoms with van der Waals surface area (Å²) < 4.78 is 0. The molecule has 5 atom stereocenters. The number of nitro groups is 1. The summed E-state index contributed by atoms with van der Waals surface area (Å²) in [6, 6.07) is 4.68. The summed E-state index contributed by atoms with van der Waals surface area (Å²) in [6.45, 7) is 2.21. The predicted octanol–water partition coefficient (Wildman–Crippen LogP) is 3.17. The third kappa shape index (κ3) is 2.14. The normalized spacial score (nSPS) is 37.2. The molecule has 0 spiro atoms. The molecule has 5 heteroatoms. The van der Waals surface area contributed by atoms with Crippen LogP contribution in [0.2, 0.25) is 0 Å². The van der Waals surface area contributed by atoms with Crippen LogP contribution in [0.1, 0.15) is 56.1 Å². The summed E-state index contributed by atoms with van der Waals surface area (Å²) in [5.41, 5.74) is 1.26. The van der Waals surface area contributed by atoms with Crippen LogP contribution in [-0.2, 0) is 6.42 Å². The summed E-state index contributed by atoms with van der Waals surface area (Å²) in [7, 11) is 0. The topological polar surface area (TPSA) is 80.4 Å². The van der Waals surface area contributed by atoms with E-state index in [0.29, 0.717) is 11.8 Å². The first-order chi connectivity index (χ1) is 11.4. The zero-order valence-electron chi connectivity index (χ0n) is 13.9. The van der Waals surface area contributed by atoms with Crippen LogP contribution >= 0.6 is 0 Å². The molecule has 2 saturated carbocycles. The van der Waals surface area contributed by atoms with Gasteiger partial charge in [0.05, 0.1) is 11.0 Å². The van der Waals surface area contributed by atoms with Crippen LogP contribution in [0, 0.1) is 27.4 Å². The SMILES string of the molecule is C[C@]12CC[C@@H]3c4cc([N+](=O)[O-])c(=O)ccc4CC[C@H]3[C@@H]1CC[C@@H]2O. The van der Waals surface area contributed by atoms with Gasteiger partial charge in [0.15, 0.2) is 0 Å². The molecule has 0 radical (unpaired) electrons. The van der Waals surface area contributed by atoms with Crippen LogP contribution in [0.15, 0.2) is 23.0 Å². The number of aryl methyl sites for hydroxylation is 1. The van der Waals surface area contributed by atoms with Crippen LogP contribution in [0.4, 0.5) is 5.69 Å². The third-order valence-electron chi connectivity index (χ3n) is 7.08. The van der Waals surface area contributed by atoms with Crippen molar-refractivity contribution in [2.75, 3.05) is 0 Å². The standard InChI is InChI=1S/C19H23NO4/c1-19-9-8-12-13(15(19)5-7-18(19)22)4-2-11-3-6-17(21)16(20(23)24)10-14(11)12/h3,6,10,12-13,15,18,22H,2,4-5,7-9H2,1H3/t12-,13+,15-,18-,19-/m0/s1. The van der Waals surface area contributed by atoms with Crippen molar-refractivity contribution in [3.05, 3.63) is 49.7 Å². The Hall–Kier alpha value is -1.75. The lowest BCUT2D eigenvalue weighted by atomic mass is 9.55. The maximum atomic E-state index is 12.0. The Kier molecular flexibility index (Phi) is 3.53. The van der Waals surface area contributed by atoms with Gasteiger partial charge in [-0.05, 0) is 78.9 Å². The lowest BCUT2D eigenvalue weighted by Crippen LogP contribution is -2.43. The van der Waals surface area contributed by atoms with Crippen LogP contribution in [0.25, 0.3) is 0 Å². The van der Waals surface area contributed by atoms with E-state index in [1.165, 1.54) is 6.07 Å². The monoisotopic (exact) mass is 329 g/mol. The van der Waals surface area contributed by atoms with E-state index in [0.717, 1.165) is 49.7 Å². The number of fused-ring (bicyclic) bond motifs is 5. The van der Waals surface area contributed by atoms with Crippen molar-refractivity contribution >= 4 is 5.69 Å². The van der Waals surface area contributed by atoms with Gasteiger partial charge in [-0.3, -0.25) is 14.9 Å². The highest BCUT2D eigenvalue weighted by Gasteiger charge is 2.54. The summed E-state index contributed by atoms with van der Waals surface area (Å²) in [4.78, 5) is 22.7. The number of hydrogen-bond acceptors (Lipinski definition) is 4. The molecule has 1 aromatic carbocycles. The second kappa shape index (κ2) is 5.38.